The first-order valence-electron chi connectivity index (χ1n) is 7.35. The normalized spacial score (nSPS) is 18.2. The molecule has 1 aliphatic rings. The third kappa shape index (κ3) is 2.20. The van der Waals surface area contributed by atoms with E-state index < -0.39 is 0 Å². The second-order valence-corrected chi connectivity index (χ2v) is 6.65. The highest BCUT2D eigenvalue weighted by molar-refractivity contribution is 7.09. The lowest BCUT2D eigenvalue weighted by molar-refractivity contribution is 0.0782. The largest absolute Gasteiger partial charge is 0.335 e. The number of nitrogens with zero attached hydrogens (tertiary/aromatic N) is 4. The van der Waals surface area contributed by atoms with Crippen LogP contribution in [0.25, 0.3) is 11.0 Å². The first kappa shape index (κ1) is 13.5. The van der Waals surface area contributed by atoms with Crippen LogP contribution in [0.3, 0.4) is 0 Å². The van der Waals surface area contributed by atoms with Gasteiger partial charge in [0.1, 0.15) is 5.69 Å². The number of amides is 1. The van der Waals surface area contributed by atoms with Crippen LogP contribution >= 0.6 is 11.3 Å². The van der Waals surface area contributed by atoms with Crippen LogP contribution in [0.15, 0.2) is 36.0 Å². The Hall–Kier alpha value is -2.21. The molecule has 4 rings (SSSR count). The van der Waals surface area contributed by atoms with Gasteiger partial charge >= 0.3 is 0 Å². The number of rotatable bonds is 2. The summed E-state index contributed by atoms with van der Waals surface area (Å²) in [7, 11) is 0. The minimum absolute atomic E-state index is 0.0382. The number of likely N-dealkylation sites (tertiary alicyclic amines) is 1. The molecule has 1 fully saturated rings. The highest BCUT2D eigenvalue weighted by Gasteiger charge is 2.29. The van der Waals surface area contributed by atoms with Gasteiger partial charge in [-0.1, -0.05) is 12.1 Å². The molecule has 3 aromatic rings. The lowest BCUT2D eigenvalue weighted by atomic mass is 10.2. The second-order valence-electron chi connectivity index (χ2n) is 5.59. The Bertz CT molecular complexity index is 837. The van der Waals surface area contributed by atoms with Gasteiger partial charge in [0.15, 0.2) is 0 Å². The van der Waals surface area contributed by atoms with Gasteiger partial charge in [0.25, 0.3) is 5.91 Å². The molecule has 0 spiro atoms. The fraction of sp³-hybridized carbons (Fsp3) is 0.312. The number of aromatic nitrogens is 3. The van der Waals surface area contributed by atoms with E-state index in [0.29, 0.717) is 5.69 Å². The molecule has 3 heterocycles. The van der Waals surface area contributed by atoms with Crippen LogP contribution in [-0.2, 0) is 0 Å². The molecule has 1 saturated heterocycles. The molecule has 0 bridgehead atoms. The van der Waals surface area contributed by atoms with Crippen LogP contribution in [0.1, 0.15) is 28.0 Å². The average Bonchev–Trinajstić information content (AvgIpc) is 3.24. The van der Waals surface area contributed by atoms with Crippen molar-refractivity contribution in [3.63, 3.8) is 0 Å². The van der Waals surface area contributed by atoms with Gasteiger partial charge in [-0.2, -0.15) is 0 Å². The molecular weight excluding hydrogens is 296 g/mol. The van der Waals surface area contributed by atoms with E-state index in [1.54, 1.807) is 0 Å². The molecule has 0 N–H and O–H groups in total. The van der Waals surface area contributed by atoms with Crippen molar-refractivity contribution in [1.82, 2.24) is 19.4 Å². The van der Waals surface area contributed by atoms with E-state index >= 15 is 0 Å². The van der Waals surface area contributed by atoms with Gasteiger partial charge in [-0.3, -0.25) is 4.79 Å². The van der Waals surface area contributed by atoms with E-state index in [2.05, 4.69) is 20.6 Å². The van der Waals surface area contributed by atoms with Crippen molar-refractivity contribution in [1.29, 1.82) is 0 Å². The minimum atomic E-state index is 0.0382. The lowest BCUT2D eigenvalue weighted by Gasteiger charge is -2.16. The second kappa shape index (κ2) is 5.21. The molecular formula is C16H16N4OS. The van der Waals surface area contributed by atoms with Gasteiger partial charge in [0.2, 0.25) is 0 Å². The number of aryl methyl sites for hydroxylation is 1. The van der Waals surface area contributed by atoms with E-state index in [4.69, 9.17) is 0 Å². The maximum Gasteiger partial charge on any atom is 0.273 e. The minimum Gasteiger partial charge on any atom is -0.335 e. The number of imidazole rings is 1. The first-order chi connectivity index (χ1) is 10.7. The molecule has 1 atom stereocenters. The first-order valence-corrected chi connectivity index (χ1v) is 8.23. The van der Waals surface area contributed by atoms with E-state index in [9.17, 15) is 4.79 Å². The van der Waals surface area contributed by atoms with E-state index in [1.807, 2.05) is 41.7 Å². The van der Waals surface area contributed by atoms with Crippen molar-refractivity contribution in [2.24, 2.45) is 0 Å². The van der Waals surface area contributed by atoms with Crippen molar-refractivity contribution in [3.8, 4) is 0 Å². The Morgan fingerprint density at radius 2 is 2.23 bits per heavy atom. The summed E-state index contributed by atoms with van der Waals surface area (Å²) in [5.74, 6) is 0.0382. The Morgan fingerprint density at radius 1 is 1.36 bits per heavy atom. The summed E-state index contributed by atoms with van der Waals surface area (Å²) < 4.78 is 2.19. The van der Waals surface area contributed by atoms with Crippen LogP contribution in [0.5, 0.6) is 0 Å². The monoisotopic (exact) mass is 312 g/mol. The summed E-state index contributed by atoms with van der Waals surface area (Å²) in [6, 6.07) is 8.40. The lowest BCUT2D eigenvalue weighted by Crippen LogP contribution is -2.29. The predicted octanol–water partition coefficient (Wildman–Crippen LogP) is 2.89. The number of hydrogen-bond acceptors (Lipinski definition) is 4. The molecule has 1 aromatic carbocycles. The number of hydrogen-bond donors (Lipinski definition) is 0. The number of thiazole rings is 1. The maximum atomic E-state index is 12.5. The van der Waals surface area contributed by atoms with Gasteiger partial charge in [-0.15, -0.1) is 11.3 Å². The van der Waals surface area contributed by atoms with Crippen LogP contribution in [-0.4, -0.2) is 38.4 Å². The number of fused-ring (bicyclic) bond motifs is 1. The van der Waals surface area contributed by atoms with Gasteiger partial charge in [0.05, 0.1) is 28.4 Å². The van der Waals surface area contributed by atoms with Crippen molar-refractivity contribution < 1.29 is 4.79 Å². The zero-order valence-electron chi connectivity index (χ0n) is 12.3. The molecule has 0 aliphatic carbocycles. The Kier molecular flexibility index (Phi) is 3.18. The highest BCUT2D eigenvalue weighted by atomic mass is 32.1. The zero-order chi connectivity index (χ0) is 15.1. The van der Waals surface area contributed by atoms with Gasteiger partial charge < -0.3 is 9.47 Å². The van der Waals surface area contributed by atoms with E-state index in [-0.39, 0.29) is 11.9 Å². The molecule has 6 heteroatoms. The number of para-hydroxylation sites is 2. The van der Waals surface area contributed by atoms with Gasteiger partial charge in [0, 0.05) is 18.5 Å². The van der Waals surface area contributed by atoms with Gasteiger partial charge in [-0.05, 0) is 25.5 Å². The third-order valence-corrected chi connectivity index (χ3v) is 4.94. The third-order valence-electron chi connectivity index (χ3n) is 4.16. The summed E-state index contributed by atoms with van der Waals surface area (Å²) in [5, 5.41) is 2.78. The summed E-state index contributed by atoms with van der Waals surface area (Å²) in [6.45, 7) is 3.41. The average molecular weight is 312 g/mol. The van der Waals surface area contributed by atoms with Crippen molar-refractivity contribution >= 4 is 28.3 Å². The summed E-state index contributed by atoms with van der Waals surface area (Å²) >= 11 is 1.52. The highest BCUT2D eigenvalue weighted by Crippen LogP contribution is 2.27. The summed E-state index contributed by atoms with van der Waals surface area (Å²) in [5.41, 5.74) is 2.70. The standard InChI is InChI=1S/C16H16N4OS/c1-11-18-14(9-22-11)16(21)19-7-6-12(8-19)20-10-17-13-4-2-3-5-15(13)20/h2-5,9-10,12H,6-8H2,1H3/t12-/m1/s1. The molecule has 0 radical (unpaired) electrons. The molecule has 1 amide bonds. The molecule has 2 aromatic heterocycles. The fourth-order valence-corrected chi connectivity index (χ4v) is 3.63. The molecule has 0 unspecified atom stereocenters. The Labute approximate surface area is 132 Å². The topological polar surface area (TPSA) is 51.0 Å². The summed E-state index contributed by atoms with van der Waals surface area (Å²) in [4.78, 5) is 23.1. The fourth-order valence-electron chi connectivity index (χ4n) is 3.05. The summed E-state index contributed by atoms with van der Waals surface area (Å²) in [6.07, 6.45) is 2.84. The Balaban J connectivity index is 1.56. The molecule has 22 heavy (non-hydrogen) atoms. The smallest absolute Gasteiger partial charge is 0.273 e. The number of carbonyl (C=O) groups excluding carboxylic acids is 1. The zero-order valence-corrected chi connectivity index (χ0v) is 13.1. The predicted molar refractivity (Wildman–Crippen MR) is 86.1 cm³/mol. The van der Waals surface area contributed by atoms with Crippen molar-refractivity contribution in [3.05, 3.63) is 46.7 Å². The number of benzene rings is 1. The SMILES string of the molecule is Cc1nc(C(=O)N2CC[C@@H](n3cnc4ccccc43)C2)cs1. The number of carbonyl (C=O) groups is 1. The van der Waals surface area contributed by atoms with Crippen LogP contribution < -0.4 is 0 Å². The van der Waals surface area contributed by atoms with E-state index in [0.717, 1.165) is 35.6 Å². The molecule has 5 nitrogen and oxygen atoms in total. The van der Waals surface area contributed by atoms with Crippen LogP contribution in [0.4, 0.5) is 0 Å². The Morgan fingerprint density at radius 3 is 3.05 bits per heavy atom. The van der Waals surface area contributed by atoms with E-state index in [1.165, 1.54) is 11.3 Å². The maximum absolute atomic E-state index is 12.5. The van der Waals surface area contributed by atoms with Crippen molar-refractivity contribution in [2.75, 3.05) is 13.1 Å². The molecule has 0 saturated carbocycles. The van der Waals surface area contributed by atoms with Gasteiger partial charge in [-0.25, -0.2) is 9.97 Å². The van der Waals surface area contributed by atoms with Crippen molar-refractivity contribution in [2.45, 2.75) is 19.4 Å². The quantitative estimate of drug-likeness (QED) is 0.731. The van der Waals surface area contributed by atoms with Crippen LogP contribution in [0, 0.1) is 6.92 Å². The molecule has 1 aliphatic heterocycles. The van der Waals surface area contributed by atoms with Crippen LogP contribution in [0.2, 0.25) is 0 Å². The molecule has 112 valence electrons.